The van der Waals surface area contributed by atoms with Crippen molar-refractivity contribution in [2.75, 3.05) is 5.32 Å². The van der Waals surface area contributed by atoms with E-state index in [2.05, 4.69) is 47.6 Å². The van der Waals surface area contributed by atoms with Crippen LogP contribution in [0.1, 0.15) is 66.7 Å². The van der Waals surface area contributed by atoms with Gasteiger partial charge in [0.1, 0.15) is 11.5 Å². The summed E-state index contributed by atoms with van der Waals surface area (Å²) in [6.45, 7) is 5.89. The molecular formula is C18H20F3I3N3O-. The molecule has 0 saturated heterocycles. The predicted octanol–water partition coefficient (Wildman–Crippen LogP) is 3.31. The van der Waals surface area contributed by atoms with Crippen LogP contribution in [0.2, 0.25) is 0 Å². The molecule has 2 aromatic rings. The zero-order valence-electron chi connectivity index (χ0n) is 15.7. The molecule has 0 spiro atoms. The zero-order chi connectivity index (χ0) is 21.2. The molecule has 1 atom stereocenters. The van der Waals surface area contributed by atoms with E-state index in [9.17, 15) is 18.0 Å². The van der Waals surface area contributed by atoms with Crippen LogP contribution in [-0.4, -0.2) is 15.7 Å². The molecule has 1 unspecified atom stereocenters. The van der Waals surface area contributed by atoms with Gasteiger partial charge in [0, 0.05) is 18.9 Å². The van der Waals surface area contributed by atoms with Gasteiger partial charge in [-0.05, 0) is 41.0 Å². The third kappa shape index (κ3) is 5.13. The van der Waals surface area contributed by atoms with Gasteiger partial charge in [0.25, 0.3) is 12.3 Å². The number of anilines is 1. The second-order valence-corrected chi connectivity index (χ2v) is 23.5. The van der Waals surface area contributed by atoms with Gasteiger partial charge < -0.3 is 5.32 Å². The molecule has 4 nitrogen and oxygen atoms in total. The van der Waals surface area contributed by atoms with Crippen LogP contribution in [0.15, 0.2) is 18.3 Å². The van der Waals surface area contributed by atoms with Gasteiger partial charge in [-0.3, -0.25) is 9.48 Å². The van der Waals surface area contributed by atoms with Crippen LogP contribution >= 0.6 is 37.2 Å². The minimum atomic E-state index is -2.85. The number of alkyl halides is 2. The van der Waals surface area contributed by atoms with Crippen molar-refractivity contribution < 1.29 is 31.2 Å². The number of carbonyl (C=O) groups is 1. The van der Waals surface area contributed by atoms with Crippen molar-refractivity contribution in [3.8, 4) is 0 Å². The number of aromatic nitrogens is 2. The normalized spacial score (nSPS) is 17.3. The predicted molar refractivity (Wildman–Crippen MR) is 117 cm³/mol. The Balaban J connectivity index is 0.000000878. The Hall–Kier alpha value is -0.120. The monoisotopic (exact) mass is 732 g/mol. The number of halogens is 6. The van der Waals surface area contributed by atoms with Crippen molar-refractivity contribution >= 4 is 48.8 Å². The van der Waals surface area contributed by atoms with Gasteiger partial charge in [0.15, 0.2) is 0 Å². The number of nitrogens with zero attached hydrogens (tertiary/aromatic N) is 2. The molecule has 0 fully saturated rings. The van der Waals surface area contributed by atoms with E-state index in [1.165, 1.54) is 30.1 Å². The molecule has 1 aromatic heterocycles. The zero-order valence-corrected chi connectivity index (χ0v) is 22.1. The van der Waals surface area contributed by atoms with Gasteiger partial charge >= 0.3 is 50.5 Å². The van der Waals surface area contributed by atoms with E-state index in [1.54, 1.807) is 0 Å². The Morgan fingerprint density at radius 3 is 2.57 bits per heavy atom. The summed E-state index contributed by atoms with van der Waals surface area (Å²) in [6, 6.07) is 2.80. The third-order valence-corrected chi connectivity index (χ3v) is 4.74. The Morgan fingerprint density at radius 1 is 1.39 bits per heavy atom. The molecule has 0 radical (unpaired) electrons. The number of nitrogens with one attached hydrogen (secondary N) is 1. The number of hydrogen-bond acceptors (Lipinski definition) is 2. The number of rotatable bonds is 3. The van der Waals surface area contributed by atoms with E-state index in [-0.39, 0.29) is 22.7 Å². The average molecular weight is 732 g/mol. The van der Waals surface area contributed by atoms with E-state index in [4.69, 9.17) is 0 Å². The van der Waals surface area contributed by atoms with E-state index in [0.29, 0.717) is 24.5 Å². The number of carbonyl (C=O) groups excluding carboxylic acids is 1. The topological polar surface area (TPSA) is 46.9 Å². The van der Waals surface area contributed by atoms with Crippen molar-refractivity contribution in [1.29, 1.82) is 0 Å². The Kier molecular flexibility index (Phi) is 8.45. The summed E-state index contributed by atoms with van der Waals surface area (Å²) in [5, 5.41) is 6.31. The van der Waals surface area contributed by atoms with Crippen LogP contribution in [-0.2, 0) is 12.5 Å². The summed E-state index contributed by atoms with van der Waals surface area (Å²) in [4.78, 5) is 12.5. The first kappa shape index (κ1) is 24.2. The first-order valence-electron chi connectivity index (χ1n) is 8.36. The van der Waals surface area contributed by atoms with E-state index in [0.717, 1.165) is 12.0 Å². The first-order chi connectivity index (χ1) is 13.0. The molecule has 1 heterocycles. The van der Waals surface area contributed by atoms with Gasteiger partial charge in [-0.2, -0.15) is 5.10 Å². The molecule has 10 heteroatoms. The van der Waals surface area contributed by atoms with Gasteiger partial charge in [0.2, 0.25) is 0 Å². The van der Waals surface area contributed by atoms with Crippen molar-refractivity contribution in [3.05, 3.63) is 46.5 Å². The molecular weight excluding hydrogens is 712 g/mol. The van der Waals surface area contributed by atoms with Crippen LogP contribution in [0.5, 0.6) is 0 Å². The molecule has 0 bridgehead atoms. The maximum absolute atomic E-state index is 14.3. The third-order valence-electron chi connectivity index (χ3n) is 4.74. The van der Waals surface area contributed by atoms with Gasteiger partial charge in [-0.15, -0.1) is 0 Å². The number of aryl methyl sites for hydroxylation is 1. The molecule has 1 aliphatic rings. The molecule has 1 aliphatic carbocycles. The molecule has 1 amide bonds. The van der Waals surface area contributed by atoms with E-state index >= 15 is 0 Å². The summed E-state index contributed by atoms with van der Waals surface area (Å²) in [5.41, 5.74) is 0.692. The molecule has 28 heavy (non-hydrogen) atoms. The van der Waals surface area contributed by atoms with Gasteiger partial charge in [0.05, 0.1) is 5.56 Å². The van der Waals surface area contributed by atoms with Crippen molar-refractivity contribution in [3.63, 3.8) is 0 Å². The van der Waals surface area contributed by atoms with Crippen LogP contribution in [0.4, 0.5) is 18.9 Å². The van der Waals surface area contributed by atoms with Gasteiger partial charge in [-0.25, -0.2) is 13.2 Å². The summed E-state index contributed by atoms with van der Waals surface area (Å²) >= 11 is 5.30. The molecule has 3 rings (SSSR count). The number of hydrogen-bond donors (Lipinski definition) is 1. The van der Waals surface area contributed by atoms with Crippen molar-refractivity contribution in [1.82, 2.24) is 9.78 Å². The molecule has 1 aromatic carbocycles. The van der Waals surface area contributed by atoms with Crippen LogP contribution in [0.3, 0.4) is 0 Å². The number of amides is 1. The second kappa shape index (κ2) is 9.79. The average Bonchev–Trinajstić information content (AvgIpc) is 3.09. The number of benzene rings is 1. The Bertz CT molecular complexity index is 871. The van der Waals surface area contributed by atoms with E-state index in [1.807, 2.05) is 20.8 Å². The molecule has 0 saturated carbocycles. The van der Waals surface area contributed by atoms with E-state index < -0.39 is 18.0 Å². The summed E-state index contributed by atoms with van der Waals surface area (Å²) in [6.07, 6.45) is -0.839. The summed E-state index contributed by atoms with van der Waals surface area (Å²) < 4.78 is 41.7. The Labute approximate surface area is 192 Å². The molecule has 156 valence electrons. The van der Waals surface area contributed by atoms with Crippen LogP contribution in [0, 0.1) is 5.82 Å². The fraction of sp³-hybridized carbons (Fsp3) is 0.444. The first-order valence-corrected chi connectivity index (χ1v) is 20.9. The second-order valence-electron chi connectivity index (χ2n) is 7.28. The molecule has 0 aliphatic heterocycles. The quantitative estimate of drug-likeness (QED) is 0.494. The van der Waals surface area contributed by atoms with Crippen LogP contribution in [0.25, 0.3) is 0 Å². The summed E-state index contributed by atoms with van der Waals surface area (Å²) in [7, 11) is 1.48. The maximum atomic E-state index is 14.3. The standard InChI is InChI=1S/C18H20F3N3O.I3/c1-9-7-18(2,3)14-11(19)5-6-12(13(9)14)22-17(25)10-8-24(4)23-15(10)16(20)21;1-3-2/h5-6,8-9,16H,7H2,1-4H3,(H,22,25);/q;-1. The number of fused-ring (bicyclic) bond motifs is 1. The van der Waals surface area contributed by atoms with Crippen LogP contribution < -0.4 is 18.6 Å². The SMILES string of the molecule is CC1CC(C)(C)c2c(F)ccc(NC(=O)c3cn(C)nc3C(F)F)c21.I[I-]I. The van der Waals surface area contributed by atoms with Gasteiger partial charge in [-0.1, -0.05) is 20.8 Å². The fourth-order valence-electron chi connectivity index (χ4n) is 3.90. The molecule has 1 N–H and O–H groups in total. The van der Waals surface area contributed by atoms with Crippen molar-refractivity contribution in [2.24, 2.45) is 7.05 Å². The Morgan fingerprint density at radius 2 is 2.00 bits per heavy atom. The minimum absolute atomic E-state index is 0.0551. The van der Waals surface area contributed by atoms with Crippen molar-refractivity contribution in [2.45, 2.75) is 45.0 Å². The summed E-state index contributed by atoms with van der Waals surface area (Å²) in [5.74, 6) is -0.925. The fourth-order valence-corrected chi connectivity index (χ4v) is 3.90.